The van der Waals surface area contributed by atoms with Gasteiger partial charge in [-0.3, -0.25) is 0 Å². The minimum absolute atomic E-state index is 0.181. The van der Waals surface area contributed by atoms with Crippen LogP contribution in [0.5, 0.6) is 5.75 Å². The zero-order valence-corrected chi connectivity index (χ0v) is 12.2. The van der Waals surface area contributed by atoms with Crippen LogP contribution in [-0.4, -0.2) is 30.9 Å². The summed E-state index contributed by atoms with van der Waals surface area (Å²) >= 11 is 0. The summed E-state index contributed by atoms with van der Waals surface area (Å²) < 4.78 is 5.51. The molecule has 1 unspecified atom stereocenters. The van der Waals surface area contributed by atoms with Crippen molar-refractivity contribution in [3.05, 3.63) is 29.8 Å². The number of aliphatic hydroxyl groups excluding tert-OH is 1. The van der Waals surface area contributed by atoms with Gasteiger partial charge in [-0.1, -0.05) is 19.1 Å². The summed E-state index contributed by atoms with van der Waals surface area (Å²) in [5.41, 5.74) is 1.35. The zero-order chi connectivity index (χ0) is 13.9. The first-order chi connectivity index (χ1) is 9.26. The predicted octanol–water partition coefficient (Wildman–Crippen LogP) is 2.77. The fourth-order valence-electron chi connectivity index (χ4n) is 1.88. The maximum Gasteiger partial charge on any atom is 0.119 e. The summed E-state index contributed by atoms with van der Waals surface area (Å²) in [4.78, 5) is 0. The molecule has 0 radical (unpaired) electrons. The Hall–Kier alpha value is -1.06. The third-order valence-electron chi connectivity index (χ3n) is 3.10. The van der Waals surface area contributed by atoms with Crippen LogP contribution in [0.3, 0.4) is 0 Å². The number of rotatable bonds is 10. The average molecular weight is 265 g/mol. The molecule has 0 aliphatic carbocycles. The van der Waals surface area contributed by atoms with Crippen LogP contribution in [0.15, 0.2) is 24.3 Å². The molecule has 2 N–H and O–H groups in total. The van der Waals surface area contributed by atoms with Crippen molar-refractivity contribution in [2.45, 2.75) is 45.6 Å². The highest BCUT2D eigenvalue weighted by atomic mass is 16.5. The summed E-state index contributed by atoms with van der Waals surface area (Å²) in [5, 5.41) is 12.2. The number of hydrogen-bond donors (Lipinski definition) is 2. The summed E-state index contributed by atoms with van der Waals surface area (Å²) in [5.74, 6) is 0.884. The molecule has 0 saturated heterocycles. The monoisotopic (exact) mass is 265 g/mol. The van der Waals surface area contributed by atoms with Crippen molar-refractivity contribution in [1.82, 2.24) is 5.32 Å². The molecule has 1 rings (SSSR count). The number of ether oxygens (including phenoxy) is 1. The molecule has 19 heavy (non-hydrogen) atoms. The minimum Gasteiger partial charge on any atom is -0.494 e. The Morgan fingerprint density at radius 3 is 2.63 bits per heavy atom. The predicted molar refractivity (Wildman–Crippen MR) is 79.7 cm³/mol. The Labute approximate surface area is 117 Å². The molecule has 0 bridgehead atoms. The summed E-state index contributed by atoms with van der Waals surface area (Å²) in [6.45, 7) is 6.28. The van der Waals surface area contributed by atoms with E-state index in [4.69, 9.17) is 9.84 Å². The van der Waals surface area contributed by atoms with Crippen molar-refractivity contribution in [3.63, 3.8) is 0 Å². The van der Waals surface area contributed by atoms with Gasteiger partial charge in [0.25, 0.3) is 0 Å². The van der Waals surface area contributed by atoms with E-state index in [0.717, 1.165) is 25.1 Å². The van der Waals surface area contributed by atoms with Gasteiger partial charge in [-0.15, -0.1) is 0 Å². The molecule has 0 amide bonds. The van der Waals surface area contributed by atoms with Crippen LogP contribution in [0.25, 0.3) is 0 Å². The van der Waals surface area contributed by atoms with E-state index in [0.29, 0.717) is 19.1 Å². The average Bonchev–Trinajstić information content (AvgIpc) is 2.44. The molecule has 1 atom stereocenters. The Balaban J connectivity index is 2.27. The van der Waals surface area contributed by atoms with E-state index in [1.54, 1.807) is 0 Å². The lowest BCUT2D eigenvalue weighted by Crippen LogP contribution is -2.27. The number of nitrogens with one attached hydrogen (secondary N) is 1. The molecule has 108 valence electrons. The van der Waals surface area contributed by atoms with Crippen LogP contribution in [0.4, 0.5) is 0 Å². The summed E-state index contributed by atoms with van der Waals surface area (Å²) in [6.07, 6.45) is 4.12. The van der Waals surface area contributed by atoms with Crippen LogP contribution >= 0.6 is 0 Å². The fraction of sp³-hybridized carbons (Fsp3) is 0.625. The first kappa shape index (κ1) is 16.0. The van der Waals surface area contributed by atoms with Gasteiger partial charge < -0.3 is 15.2 Å². The lowest BCUT2D eigenvalue weighted by molar-refractivity contribution is 0.233. The highest BCUT2D eigenvalue weighted by Gasteiger charge is 2.01. The van der Waals surface area contributed by atoms with Gasteiger partial charge in [0.2, 0.25) is 0 Å². The molecular formula is C16H27NO2. The number of hydrogen-bond acceptors (Lipinski definition) is 3. The lowest BCUT2D eigenvalue weighted by Gasteiger charge is -2.13. The minimum atomic E-state index is 0.181. The standard InChI is InChI=1S/C16H27NO2/c1-3-11-17-14(2)5-6-15-7-9-16(10-8-15)19-13-4-12-18/h7-10,14,17-18H,3-6,11-13H2,1-2H3. The van der Waals surface area contributed by atoms with Crippen molar-refractivity contribution in [1.29, 1.82) is 0 Å². The Bertz CT molecular complexity index is 324. The van der Waals surface area contributed by atoms with E-state index in [2.05, 4.69) is 31.3 Å². The number of benzene rings is 1. The summed E-state index contributed by atoms with van der Waals surface area (Å²) in [6, 6.07) is 8.84. The molecular weight excluding hydrogens is 238 g/mol. The molecule has 0 heterocycles. The van der Waals surface area contributed by atoms with E-state index >= 15 is 0 Å². The summed E-state index contributed by atoms with van der Waals surface area (Å²) in [7, 11) is 0. The first-order valence-electron chi connectivity index (χ1n) is 7.32. The van der Waals surface area contributed by atoms with Crippen molar-refractivity contribution in [3.8, 4) is 5.75 Å². The molecule has 0 spiro atoms. The smallest absolute Gasteiger partial charge is 0.119 e. The molecule has 3 nitrogen and oxygen atoms in total. The van der Waals surface area contributed by atoms with E-state index in [9.17, 15) is 0 Å². The van der Waals surface area contributed by atoms with Crippen LogP contribution in [-0.2, 0) is 6.42 Å². The van der Waals surface area contributed by atoms with Crippen LogP contribution < -0.4 is 10.1 Å². The second-order valence-electron chi connectivity index (χ2n) is 4.96. The van der Waals surface area contributed by atoms with E-state index in [1.807, 2.05) is 12.1 Å². The first-order valence-corrected chi connectivity index (χ1v) is 7.32. The Morgan fingerprint density at radius 1 is 1.26 bits per heavy atom. The third kappa shape index (κ3) is 7.19. The molecule has 0 aliphatic rings. The van der Waals surface area contributed by atoms with E-state index in [-0.39, 0.29) is 6.61 Å². The van der Waals surface area contributed by atoms with Gasteiger partial charge in [0, 0.05) is 19.1 Å². The molecule has 1 aromatic carbocycles. The van der Waals surface area contributed by atoms with Gasteiger partial charge in [-0.2, -0.15) is 0 Å². The second kappa shape index (κ2) is 9.82. The largest absolute Gasteiger partial charge is 0.494 e. The Morgan fingerprint density at radius 2 is 2.00 bits per heavy atom. The van der Waals surface area contributed by atoms with Gasteiger partial charge in [0.15, 0.2) is 0 Å². The van der Waals surface area contributed by atoms with Crippen LogP contribution in [0.1, 0.15) is 38.7 Å². The van der Waals surface area contributed by atoms with Crippen molar-refractivity contribution >= 4 is 0 Å². The zero-order valence-electron chi connectivity index (χ0n) is 12.2. The Kier molecular flexibility index (Phi) is 8.26. The molecule has 0 fully saturated rings. The molecule has 3 heteroatoms. The molecule has 0 aliphatic heterocycles. The third-order valence-corrected chi connectivity index (χ3v) is 3.10. The highest BCUT2D eigenvalue weighted by Crippen LogP contribution is 2.14. The maximum absolute atomic E-state index is 8.69. The SMILES string of the molecule is CCCNC(C)CCc1ccc(OCCCO)cc1. The van der Waals surface area contributed by atoms with Crippen molar-refractivity contribution in [2.24, 2.45) is 0 Å². The van der Waals surface area contributed by atoms with Gasteiger partial charge in [0.05, 0.1) is 6.61 Å². The van der Waals surface area contributed by atoms with Gasteiger partial charge in [-0.05, 0) is 50.4 Å². The lowest BCUT2D eigenvalue weighted by atomic mass is 10.1. The normalized spacial score (nSPS) is 12.4. The van der Waals surface area contributed by atoms with Gasteiger partial charge in [-0.25, -0.2) is 0 Å². The number of aliphatic hydroxyl groups is 1. The van der Waals surface area contributed by atoms with Crippen LogP contribution in [0.2, 0.25) is 0 Å². The van der Waals surface area contributed by atoms with Crippen molar-refractivity contribution < 1.29 is 9.84 Å². The van der Waals surface area contributed by atoms with E-state index in [1.165, 1.54) is 12.0 Å². The molecule has 0 saturated carbocycles. The highest BCUT2D eigenvalue weighted by molar-refractivity contribution is 5.27. The second-order valence-corrected chi connectivity index (χ2v) is 4.96. The molecule has 0 aromatic heterocycles. The molecule has 1 aromatic rings. The van der Waals surface area contributed by atoms with Gasteiger partial charge in [0.1, 0.15) is 5.75 Å². The van der Waals surface area contributed by atoms with E-state index < -0.39 is 0 Å². The topological polar surface area (TPSA) is 41.5 Å². The maximum atomic E-state index is 8.69. The fourth-order valence-corrected chi connectivity index (χ4v) is 1.88. The van der Waals surface area contributed by atoms with Crippen LogP contribution in [0, 0.1) is 0 Å². The van der Waals surface area contributed by atoms with Crippen molar-refractivity contribution in [2.75, 3.05) is 19.8 Å². The number of aryl methyl sites for hydroxylation is 1. The van der Waals surface area contributed by atoms with Gasteiger partial charge >= 0.3 is 0 Å². The quantitative estimate of drug-likeness (QED) is 0.639.